The highest BCUT2D eigenvalue weighted by Crippen LogP contribution is 2.23. The number of rotatable bonds is 3. The topological polar surface area (TPSA) is 27.8 Å². The van der Waals surface area contributed by atoms with E-state index in [4.69, 9.17) is 11.6 Å². The first kappa shape index (κ1) is 12.1. The fourth-order valence-electron chi connectivity index (χ4n) is 2.23. The lowest BCUT2D eigenvalue weighted by molar-refractivity contribution is 0.885. The van der Waals surface area contributed by atoms with Crippen molar-refractivity contribution in [3.05, 3.63) is 65.3 Å². The molecule has 3 rings (SSSR count). The zero-order chi connectivity index (χ0) is 13.2. The Morgan fingerprint density at radius 1 is 1.05 bits per heavy atom. The molecule has 0 aliphatic carbocycles. The Morgan fingerprint density at radius 3 is 2.63 bits per heavy atom. The van der Waals surface area contributed by atoms with E-state index in [2.05, 4.69) is 53.6 Å². The number of benzene rings is 2. The van der Waals surface area contributed by atoms with E-state index in [-0.39, 0.29) is 6.04 Å². The highest BCUT2D eigenvalue weighted by atomic mass is 35.5. The molecule has 1 atom stereocenters. The molecule has 96 valence electrons. The third-order valence-corrected chi connectivity index (χ3v) is 3.56. The van der Waals surface area contributed by atoms with Crippen LogP contribution in [0.2, 0.25) is 5.02 Å². The SMILES string of the molecule is CC(Nc1ccc2[nH]ccc2c1)c1ccc(Cl)cc1. The zero-order valence-electron chi connectivity index (χ0n) is 10.7. The fourth-order valence-corrected chi connectivity index (χ4v) is 2.35. The second-order valence-electron chi connectivity index (χ2n) is 4.70. The van der Waals surface area contributed by atoms with Crippen LogP contribution in [0.15, 0.2) is 54.7 Å². The monoisotopic (exact) mass is 270 g/mol. The van der Waals surface area contributed by atoms with Gasteiger partial charge in [-0.3, -0.25) is 0 Å². The van der Waals surface area contributed by atoms with Crippen LogP contribution >= 0.6 is 11.6 Å². The van der Waals surface area contributed by atoms with Crippen LogP contribution in [0.5, 0.6) is 0 Å². The molecule has 0 spiro atoms. The molecule has 3 heteroatoms. The molecule has 0 fully saturated rings. The van der Waals surface area contributed by atoms with Gasteiger partial charge in [0, 0.05) is 33.9 Å². The molecule has 1 aromatic heterocycles. The Hall–Kier alpha value is -1.93. The van der Waals surface area contributed by atoms with E-state index in [9.17, 15) is 0 Å². The first-order valence-electron chi connectivity index (χ1n) is 6.31. The van der Waals surface area contributed by atoms with E-state index in [1.54, 1.807) is 0 Å². The Bertz CT molecular complexity index is 685. The van der Waals surface area contributed by atoms with E-state index in [1.807, 2.05) is 18.3 Å². The molecule has 1 unspecified atom stereocenters. The van der Waals surface area contributed by atoms with Crippen molar-refractivity contribution in [1.82, 2.24) is 4.98 Å². The lowest BCUT2D eigenvalue weighted by atomic mass is 10.1. The van der Waals surface area contributed by atoms with Gasteiger partial charge in [-0.1, -0.05) is 23.7 Å². The second-order valence-corrected chi connectivity index (χ2v) is 5.13. The van der Waals surface area contributed by atoms with Gasteiger partial charge in [0.25, 0.3) is 0 Å². The van der Waals surface area contributed by atoms with Crippen molar-refractivity contribution in [3.8, 4) is 0 Å². The third-order valence-electron chi connectivity index (χ3n) is 3.31. The summed E-state index contributed by atoms with van der Waals surface area (Å²) in [5.74, 6) is 0. The third kappa shape index (κ3) is 2.59. The predicted octanol–water partition coefficient (Wildman–Crippen LogP) is 4.99. The molecule has 1 heterocycles. The quantitative estimate of drug-likeness (QED) is 0.689. The Labute approximate surface area is 117 Å². The second kappa shape index (κ2) is 4.98. The standard InChI is InChI=1S/C16H15ClN2/c1-11(12-2-4-14(17)5-3-12)19-15-6-7-16-13(10-15)8-9-18-16/h2-11,18-19H,1H3. The van der Waals surface area contributed by atoms with E-state index < -0.39 is 0 Å². The summed E-state index contributed by atoms with van der Waals surface area (Å²) in [5, 5.41) is 5.49. The first-order chi connectivity index (χ1) is 9.22. The summed E-state index contributed by atoms with van der Waals surface area (Å²) in [6.45, 7) is 2.14. The number of halogens is 1. The molecule has 2 nitrogen and oxygen atoms in total. The highest BCUT2D eigenvalue weighted by molar-refractivity contribution is 6.30. The number of aromatic nitrogens is 1. The number of hydrogen-bond acceptors (Lipinski definition) is 1. The molecule has 0 aliphatic heterocycles. The Morgan fingerprint density at radius 2 is 1.84 bits per heavy atom. The maximum atomic E-state index is 5.91. The molecule has 0 amide bonds. The van der Waals surface area contributed by atoms with E-state index in [0.717, 1.165) is 16.2 Å². The average Bonchev–Trinajstić information content (AvgIpc) is 2.87. The number of H-pyrrole nitrogens is 1. The normalized spacial score (nSPS) is 12.5. The summed E-state index contributed by atoms with van der Waals surface area (Å²) in [4.78, 5) is 3.20. The molecule has 2 aromatic carbocycles. The minimum atomic E-state index is 0.244. The highest BCUT2D eigenvalue weighted by Gasteiger charge is 2.05. The van der Waals surface area contributed by atoms with Crippen LogP contribution in [0, 0.1) is 0 Å². The minimum Gasteiger partial charge on any atom is -0.379 e. The maximum absolute atomic E-state index is 5.91. The number of hydrogen-bond donors (Lipinski definition) is 2. The zero-order valence-corrected chi connectivity index (χ0v) is 11.4. The van der Waals surface area contributed by atoms with E-state index >= 15 is 0 Å². The summed E-state index contributed by atoms with van der Waals surface area (Å²) < 4.78 is 0. The molecule has 0 bridgehead atoms. The first-order valence-corrected chi connectivity index (χ1v) is 6.69. The number of fused-ring (bicyclic) bond motifs is 1. The summed E-state index contributed by atoms with van der Waals surface area (Å²) in [6.07, 6.45) is 1.96. The van der Waals surface area contributed by atoms with Crippen LogP contribution in [0.1, 0.15) is 18.5 Å². The molecule has 3 aromatic rings. The van der Waals surface area contributed by atoms with Gasteiger partial charge in [-0.25, -0.2) is 0 Å². The largest absolute Gasteiger partial charge is 0.379 e. The van der Waals surface area contributed by atoms with Crippen molar-refractivity contribution in [2.75, 3.05) is 5.32 Å². The van der Waals surface area contributed by atoms with Crippen LogP contribution in [-0.2, 0) is 0 Å². The molecule has 0 saturated carbocycles. The maximum Gasteiger partial charge on any atom is 0.0485 e. The van der Waals surface area contributed by atoms with Gasteiger partial charge in [0.1, 0.15) is 0 Å². The van der Waals surface area contributed by atoms with Crippen LogP contribution in [0.3, 0.4) is 0 Å². The van der Waals surface area contributed by atoms with Crippen LogP contribution in [-0.4, -0.2) is 4.98 Å². The Balaban J connectivity index is 1.81. The van der Waals surface area contributed by atoms with Crippen molar-refractivity contribution in [3.63, 3.8) is 0 Å². The van der Waals surface area contributed by atoms with Gasteiger partial charge in [0.2, 0.25) is 0 Å². The molecule has 0 radical (unpaired) electrons. The van der Waals surface area contributed by atoms with Gasteiger partial charge in [0.15, 0.2) is 0 Å². The average molecular weight is 271 g/mol. The fraction of sp³-hybridized carbons (Fsp3) is 0.125. The minimum absolute atomic E-state index is 0.244. The smallest absolute Gasteiger partial charge is 0.0485 e. The van der Waals surface area contributed by atoms with Gasteiger partial charge >= 0.3 is 0 Å². The molecular weight excluding hydrogens is 256 g/mol. The summed E-state index contributed by atoms with van der Waals surface area (Å²) >= 11 is 5.91. The van der Waals surface area contributed by atoms with E-state index in [0.29, 0.717) is 0 Å². The van der Waals surface area contributed by atoms with Gasteiger partial charge in [-0.05, 0) is 48.9 Å². The molecular formula is C16H15ClN2. The van der Waals surface area contributed by atoms with Crippen molar-refractivity contribution in [1.29, 1.82) is 0 Å². The van der Waals surface area contributed by atoms with Gasteiger partial charge in [-0.2, -0.15) is 0 Å². The van der Waals surface area contributed by atoms with Crippen molar-refractivity contribution in [2.24, 2.45) is 0 Å². The van der Waals surface area contributed by atoms with Gasteiger partial charge in [-0.15, -0.1) is 0 Å². The molecule has 0 saturated heterocycles. The predicted molar refractivity (Wildman–Crippen MR) is 81.8 cm³/mol. The van der Waals surface area contributed by atoms with Crippen LogP contribution in [0.4, 0.5) is 5.69 Å². The molecule has 19 heavy (non-hydrogen) atoms. The summed E-state index contributed by atoms with van der Waals surface area (Å²) in [5.41, 5.74) is 3.50. The van der Waals surface area contributed by atoms with Gasteiger partial charge < -0.3 is 10.3 Å². The van der Waals surface area contributed by atoms with Crippen LogP contribution < -0.4 is 5.32 Å². The summed E-state index contributed by atoms with van der Waals surface area (Å²) in [7, 11) is 0. The van der Waals surface area contributed by atoms with Crippen LogP contribution in [0.25, 0.3) is 10.9 Å². The molecule has 2 N–H and O–H groups in total. The van der Waals surface area contributed by atoms with Crippen molar-refractivity contribution >= 4 is 28.2 Å². The van der Waals surface area contributed by atoms with Gasteiger partial charge in [0.05, 0.1) is 0 Å². The lowest BCUT2D eigenvalue weighted by Crippen LogP contribution is -2.06. The number of aromatic amines is 1. The number of anilines is 1. The van der Waals surface area contributed by atoms with Crippen molar-refractivity contribution < 1.29 is 0 Å². The van der Waals surface area contributed by atoms with Crippen molar-refractivity contribution in [2.45, 2.75) is 13.0 Å². The van der Waals surface area contributed by atoms with E-state index in [1.165, 1.54) is 10.9 Å². The Kier molecular flexibility index (Phi) is 3.18. The number of nitrogens with one attached hydrogen (secondary N) is 2. The lowest BCUT2D eigenvalue weighted by Gasteiger charge is -2.16. The molecule has 0 aliphatic rings. The summed E-state index contributed by atoms with van der Waals surface area (Å²) in [6, 6.07) is 16.6.